The van der Waals surface area contributed by atoms with Crippen LogP contribution in [0.15, 0.2) is 49.4 Å². The summed E-state index contributed by atoms with van der Waals surface area (Å²) in [4.78, 5) is 26.3. The summed E-state index contributed by atoms with van der Waals surface area (Å²) in [6.07, 6.45) is 8.24. The van der Waals surface area contributed by atoms with E-state index in [0.717, 1.165) is 6.20 Å². The normalized spacial score (nSPS) is 13.7. The second-order valence-corrected chi connectivity index (χ2v) is 5.83. The lowest BCUT2D eigenvalue weighted by atomic mass is 10.1. The van der Waals surface area contributed by atoms with Crippen molar-refractivity contribution in [2.75, 3.05) is 23.3 Å². The molecule has 136 valence electrons. The molecule has 27 heavy (non-hydrogen) atoms. The molecule has 4 rings (SSSR count). The van der Waals surface area contributed by atoms with Gasteiger partial charge in [-0.2, -0.15) is 10.2 Å². The van der Waals surface area contributed by atoms with E-state index in [1.807, 2.05) is 4.90 Å². The van der Waals surface area contributed by atoms with Gasteiger partial charge in [0.25, 0.3) is 5.91 Å². The molecule has 9 nitrogen and oxygen atoms in total. The highest BCUT2D eigenvalue weighted by Gasteiger charge is 2.32. The summed E-state index contributed by atoms with van der Waals surface area (Å²) in [5, 5.41) is 10.1. The zero-order valence-corrected chi connectivity index (χ0v) is 14.0. The van der Waals surface area contributed by atoms with Crippen molar-refractivity contribution < 1.29 is 13.9 Å². The van der Waals surface area contributed by atoms with Crippen molar-refractivity contribution in [2.45, 2.75) is 6.10 Å². The molecule has 0 unspecified atom stereocenters. The molecule has 0 aliphatic carbocycles. The number of aromatic nitrogens is 5. The van der Waals surface area contributed by atoms with Gasteiger partial charge in [-0.05, 0) is 6.07 Å². The van der Waals surface area contributed by atoms with Crippen molar-refractivity contribution in [3.63, 3.8) is 0 Å². The van der Waals surface area contributed by atoms with Crippen LogP contribution in [0.25, 0.3) is 0 Å². The van der Waals surface area contributed by atoms with E-state index in [0.29, 0.717) is 30.2 Å². The fourth-order valence-corrected chi connectivity index (χ4v) is 2.64. The van der Waals surface area contributed by atoms with Crippen LogP contribution in [0.4, 0.5) is 15.8 Å². The van der Waals surface area contributed by atoms with Crippen molar-refractivity contribution in [3.05, 3.63) is 61.0 Å². The summed E-state index contributed by atoms with van der Waals surface area (Å²) >= 11 is 0. The standard InChI is InChI=1S/C17H14FN7O2/c18-11-3-13(6-19-4-11)27-14-8-25(9-14)15-7-20-10-21-16(15)17(26)24-12-1-2-22-23-5-12/h1-7,10,14H,8-9H2,(H,22,24,26). The Balaban J connectivity index is 1.42. The Kier molecular flexibility index (Phi) is 4.52. The maximum absolute atomic E-state index is 13.2. The minimum absolute atomic E-state index is 0.144. The van der Waals surface area contributed by atoms with Crippen LogP contribution >= 0.6 is 0 Å². The molecule has 0 aromatic carbocycles. The van der Waals surface area contributed by atoms with Crippen LogP contribution in [0, 0.1) is 5.82 Å². The third-order valence-electron chi connectivity index (χ3n) is 3.92. The minimum atomic E-state index is -0.454. The Labute approximate surface area is 153 Å². The average Bonchev–Trinajstić information content (AvgIpc) is 2.65. The third-order valence-corrected chi connectivity index (χ3v) is 3.92. The summed E-state index contributed by atoms with van der Waals surface area (Å²) in [6.45, 7) is 1.03. The van der Waals surface area contributed by atoms with Crippen molar-refractivity contribution in [3.8, 4) is 5.75 Å². The topological polar surface area (TPSA) is 106 Å². The number of pyridine rings is 1. The van der Waals surface area contributed by atoms with E-state index in [1.54, 1.807) is 12.3 Å². The van der Waals surface area contributed by atoms with Crippen LogP contribution in [0.1, 0.15) is 10.5 Å². The predicted molar refractivity (Wildman–Crippen MR) is 92.8 cm³/mol. The number of anilines is 2. The molecular formula is C17H14FN7O2. The summed E-state index contributed by atoms with van der Waals surface area (Å²) in [6, 6.07) is 2.91. The third kappa shape index (κ3) is 3.78. The molecule has 4 heterocycles. The molecule has 1 saturated heterocycles. The molecule has 1 amide bonds. The molecule has 1 aliphatic heterocycles. The Bertz CT molecular complexity index is 951. The molecule has 0 radical (unpaired) electrons. The van der Waals surface area contributed by atoms with Crippen LogP contribution in [0.5, 0.6) is 5.75 Å². The van der Waals surface area contributed by atoms with Gasteiger partial charge in [-0.1, -0.05) is 0 Å². The number of nitrogens with zero attached hydrogens (tertiary/aromatic N) is 6. The Morgan fingerprint density at radius 3 is 2.85 bits per heavy atom. The van der Waals surface area contributed by atoms with E-state index >= 15 is 0 Å². The maximum Gasteiger partial charge on any atom is 0.276 e. The van der Waals surface area contributed by atoms with Crippen LogP contribution in [-0.2, 0) is 0 Å². The fraction of sp³-hybridized carbons (Fsp3) is 0.176. The van der Waals surface area contributed by atoms with Crippen LogP contribution in [-0.4, -0.2) is 50.2 Å². The van der Waals surface area contributed by atoms with Gasteiger partial charge in [-0.15, -0.1) is 0 Å². The number of halogens is 1. The van der Waals surface area contributed by atoms with Gasteiger partial charge in [0.15, 0.2) is 5.69 Å². The van der Waals surface area contributed by atoms with Gasteiger partial charge in [-0.25, -0.2) is 14.4 Å². The van der Waals surface area contributed by atoms with E-state index < -0.39 is 5.82 Å². The number of amides is 1. The molecule has 1 fully saturated rings. The molecular weight excluding hydrogens is 353 g/mol. The second-order valence-electron chi connectivity index (χ2n) is 5.83. The zero-order chi connectivity index (χ0) is 18.6. The first-order chi connectivity index (χ1) is 13.2. The predicted octanol–water partition coefficient (Wildman–Crippen LogP) is 1.32. The molecule has 0 atom stereocenters. The first-order valence-electron chi connectivity index (χ1n) is 8.09. The first-order valence-corrected chi connectivity index (χ1v) is 8.09. The van der Waals surface area contributed by atoms with Crippen LogP contribution < -0.4 is 15.0 Å². The van der Waals surface area contributed by atoms with Gasteiger partial charge in [0.2, 0.25) is 0 Å². The van der Waals surface area contributed by atoms with Gasteiger partial charge >= 0.3 is 0 Å². The number of nitrogens with one attached hydrogen (secondary N) is 1. The van der Waals surface area contributed by atoms with E-state index in [4.69, 9.17) is 4.74 Å². The van der Waals surface area contributed by atoms with Crippen molar-refractivity contribution in [1.29, 1.82) is 0 Å². The highest BCUT2D eigenvalue weighted by molar-refractivity contribution is 6.06. The lowest BCUT2D eigenvalue weighted by Gasteiger charge is -2.40. The maximum atomic E-state index is 13.2. The SMILES string of the molecule is O=C(Nc1ccnnc1)c1ncncc1N1CC(Oc2cncc(F)c2)C1. The molecule has 1 N–H and O–H groups in total. The van der Waals surface area contributed by atoms with Crippen LogP contribution in [0.3, 0.4) is 0 Å². The number of ether oxygens (including phenoxy) is 1. The highest BCUT2D eigenvalue weighted by Crippen LogP contribution is 2.26. The summed E-state index contributed by atoms with van der Waals surface area (Å²) in [5.41, 5.74) is 1.35. The number of carbonyl (C=O) groups excluding carboxylic acids is 1. The molecule has 3 aromatic heterocycles. The largest absolute Gasteiger partial charge is 0.485 e. The summed E-state index contributed by atoms with van der Waals surface area (Å²) < 4.78 is 18.9. The van der Waals surface area contributed by atoms with Crippen molar-refractivity contribution >= 4 is 17.3 Å². The van der Waals surface area contributed by atoms with Gasteiger partial charge in [0, 0.05) is 6.07 Å². The summed E-state index contributed by atoms with van der Waals surface area (Å²) in [7, 11) is 0. The lowest BCUT2D eigenvalue weighted by Crippen LogP contribution is -2.54. The van der Waals surface area contributed by atoms with Crippen molar-refractivity contribution in [2.24, 2.45) is 0 Å². The van der Waals surface area contributed by atoms with Gasteiger partial charge in [-0.3, -0.25) is 9.78 Å². The first kappa shape index (κ1) is 16.8. The fourth-order valence-electron chi connectivity index (χ4n) is 2.64. The second kappa shape index (κ2) is 7.28. The van der Waals surface area contributed by atoms with Crippen molar-refractivity contribution in [1.82, 2.24) is 25.1 Å². The quantitative estimate of drug-likeness (QED) is 0.720. The van der Waals surface area contributed by atoms with Crippen LogP contribution in [0.2, 0.25) is 0 Å². The minimum Gasteiger partial charge on any atom is -0.485 e. The number of rotatable bonds is 5. The van der Waals surface area contributed by atoms with Gasteiger partial charge in [0.05, 0.1) is 55.4 Å². The Hall–Kier alpha value is -3.69. The molecule has 0 spiro atoms. The molecule has 0 saturated carbocycles. The average molecular weight is 367 g/mol. The summed E-state index contributed by atoms with van der Waals surface area (Å²) in [5.74, 6) is -0.462. The highest BCUT2D eigenvalue weighted by atomic mass is 19.1. The van der Waals surface area contributed by atoms with E-state index in [-0.39, 0.29) is 17.7 Å². The van der Waals surface area contributed by atoms with E-state index in [9.17, 15) is 9.18 Å². The monoisotopic (exact) mass is 367 g/mol. The van der Waals surface area contributed by atoms with Gasteiger partial charge < -0.3 is 15.0 Å². The van der Waals surface area contributed by atoms with E-state index in [1.165, 1.54) is 31.0 Å². The smallest absolute Gasteiger partial charge is 0.276 e. The van der Waals surface area contributed by atoms with Gasteiger partial charge in [0.1, 0.15) is 24.0 Å². The molecule has 0 bridgehead atoms. The number of carbonyl (C=O) groups is 1. The number of hydrogen-bond donors (Lipinski definition) is 1. The lowest BCUT2D eigenvalue weighted by molar-refractivity contribution is 0.102. The molecule has 3 aromatic rings. The molecule has 10 heteroatoms. The number of hydrogen-bond acceptors (Lipinski definition) is 8. The Morgan fingerprint density at radius 2 is 2.07 bits per heavy atom. The molecule has 1 aliphatic rings. The zero-order valence-electron chi connectivity index (χ0n) is 14.0. The Morgan fingerprint density at radius 1 is 1.19 bits per heavy atom. The van der Waals surface area contributed by atoms with E-state index in [2.05, 4.69) is 30.5 Å².